The average Bonchev–Trinajstić information content (AvgIpc) is 2.49. The molecule has 0 aliphatic carbocycles. The molecule has 0 saturated carbocycles. The van der Waals surface area contributed by atoms with E-state index in [0.717, 1.165) is 0 Å². The van der Waals surface area contributed by atoms with Gasteiger partial charge >= 0.3 is 14.2 Å². The van der Waals surface area contributed by atoms with Crippen LogP contribution in [0.15, 0.2) is 70.5 Å². The van der Waals surface area contributed by atoms with E-state index < -0.39 is 25.4 Å². The van der Waals surface area contributed by atoms with Crippen LogP contribution >= 0.6 is 0 Å². The maximum Gasteiger partial charge on any atom is 0.585 e. The second-order valence-corrected chi connectivity index (χ2v) is 7.28. The molecular formula is C13H10N2O3S2. The summed E-state index contributed by atoms with van der Waals surface area (Å²) in [6.07, 6.45) is 0. The van der Waals surface area contributed by atoms with E-state index in [0.29, 0.717) is 0 Å². The predicted molar refractivity (Wildman–Crippen MR) is 75.1 cm³/mol. The number of rotatable bonds is 2. The van der Waals surface area contributed by atoms with Gasteiger partial charge in [-0.05, 0) is 24.3 Å². The van der Waals surface area contributed by atoms with E-state index in [1.807, 2.05) is 0 Å². The summed E-state index contributed by atoms with van der Waals surface area (Å²) in [5, 5.41) is 0. The van der Waals surface area contributed by atoms with Crippen molar-refractivity contribution in [2.45, 2.75) is 9.79 Å². The third kappa shape index (κ3) is 2.81. The minimum atomic E-state index is -4.10. The number of sulfone groups is 1. The van der Waals surface area contributed by atoms with E-state index in [1.165, 1.54) is 36.4 Å². The van der Waals surface area contributed by atoms with Crippen LogP contribution in [0.5, 0.6) is 0 Å². The summed E-state index contributed by atoms with van der Waals surface area (Å²) >= 11 is -2.08. The van der Waals surface area contributed by atoms with E-state index in [1.54, 1.807) is 24.3 Å². The molecule has 0 spiro atoms. The molecule has 102 valence electrons. The molecular weight excluding hydrogens is 296 g/mol. The molecule has 0 amide bonds. The SMILES string of the molecule is [N-]=[N+]=C([S+]([O-])c1ccccc1)S(=O)(=O)c1ccccc1. The molecule has 0 aliphatic rings. The molecule has 0 aromatic heterocycles. The monoisotopic (exact) mass is 306 g/mol. The van der Waals surface area contributed by atoms with Gasteiger partial charge in [-0.25, -0.2) is 8.42 Å². The molecule has 5 nitrogen and oxygen atoms in total. The molecule has 2 rings (SSSR count). The Morgan fingerprint density at radius 2 is 1.50 bits per heavy atom. The summed E-state index contributed by atoms with van der Waals surface area (Å²) in [4.78, 5) is 2.92. The summed E-state index contributed by atoms with van der Waals surface area (Å²) in [5.41, 5.74) is 8.97. The van der Waals surface area contributed by atoms with Gasteiger partial charge in [0, 0.05) is 0 Å². The van der Waals surface area contributed by atoms with E-state index in [2.05, 4.69) is 4.79 Å². The molecule has 0 fully saturated rings. The third-order valence-electron chi connectivity index (χ3n) is 2.48. The highest BCUT2D eigenvalue weighted by Crippen LogP contribution is 2.19. The molecule has 1 unspecified atom stereocenters. The van der Waals surface area contributed by atoms with E-state index in [4.69, 9.17) is 5.53 Å². The zero-order valence-electron chi connectivity index (χ0n) is 10.2. The van der Waals surface area contributed by atoms with Crippen molar-refractivity contribution < 1.29 is 17.8 Å². The van der Waals surface area contributed by atoms with Gasteiger partial charge in [0.2, 0.25) is 0 Å². The highest BCUT2D eigenvalue weighted by Gasteiger charge is 2.43. The Morgan fingerprint density at radius 1 is 1.00 bits per heavy atom. The minimum Gasteiger partial charge on any atom is -0.600 e. The van der Waals surface area contributed by atoms with Crippen molar-refractivity contribution in [3.63, 3.8) is 0 Å². The molecule has 2 aromatic carbocycles. The molecule has 0 saturated heterocycles. The van der Waals surface area contributed by atoms with Crippen LogP contribution in [0.2, 0.25) is 0 Å². The lowest BCUT2D eigenvalue weighted by atomic mass is 10.4. The fourth-order valence-corrected chi connectivity index (χ4v) is 4.42. The standard InChI is InChI=1S/C13H10N2O3S2/c14-15-13(19(16)11-7-3-1-4-8-11)20(17,18)12-9-5-2-6-10-12/h1-10H. The summed E-state index contributed by atoms with van der Waals surface area (Å²) in [5.74, 6) is 0. The van der Waals surface area contributed by atoms with Crippen LogP contribution in [0, 0.1) is 0 Å². The van der Waals surface area contributed by atoms with Crippen LogP contribution in [0.25, 0.3) is 5.53 Å². The maximum absolute atomic E-state index is 12.3. The second kappa shape index (κ2) is 6.02. The van der Waals surface area contributed by atoms with Gasteiger partial charge in [0.25, 0.3) is 0 Å². The van der Waals surface area contributed by atoms with E-state index >= 15 is 0 Å². The van der Waals surface area contributed by atoms with E-state index in [9.17, 15) is 13.0 Å². The highest BCUT2D eigenvalue weighted by atomic mass is 32.3. The quantitative estimate of drug-likeness (QED) is 0.278. The predicted octanol–water partition coefficient (Wildman–Crippen LogP) is 1.85. The smallest absolute Gasteiger partial charge is 0.585 e. The van der Waals surface area contributed by atoms with Gasteiger partial charge < -0.3 is 10.1 Å². The van der Waals surface area contributed by atoms with Gasteiger partial charge in [0.05, 0.1) is 4.90 Å². The zero-order chi connectivity index (χ0) is 14.6. The van der Waals surface area contributed by atoms with Crippen molar-refractivity contribution in [3.8, 4) is 0 Å². The summed E-state index contributed by atoms with van der Waals surface area (Å²) in [7, 11) is -4.10. The van der Waals surface area contributed by atoms with Crippen molar-refractivity contribution in [2.24, 2.45) is 0 Å². The number of hydrogen-bond acceptors (Lipinski definition) is 3. The van der Waals surface area contributed by atoms with Gasteiger partial charge in [0.1, 0.15) is 11.2 Å². The Bertz CT molecular complexity index is 740. The Morgan fingerprint density at radius 3 is 2.00 bits per heavy atom. The molecule has 1 atom stereocenters. The van der Waals surface area contributed by atoms with Crippen molar-refractivity contribution >= 4 is 25.4 Å². The van der Waals surface area contributed by atoms with Gasteiger partial charge in [-0.2, -0.15) is 0 Å². The van der Waals surface area contributed by atoms with Crippen molar-refractivity contribution in [1.82, 2.24) is 0 Å². The first-order valence-electron chi connectivity index (χ1n) is 5.56. The molecule has 0 radical (unpaired) electrons. The summed E-state index contributed by atoms with van der Waals surface area (Å²) < 4.78 is 36.0. The molecule has 20 heavy (non-hydrogen) atoms. The number of hydrogen-bond donors (Lipinski definition) is 0. The fourth-order valence-electron chi connectivity index (χ4n) is 1.54. The summed E-state index contributed by atoms with van der Waals surface area (Å²) in [6, 6.07) is 15.4. The molecule has 7 heteroatoms. The Balaban J connectivity index is 2.47. The number of benzene rings is 2. The summed E-state index contributed by atoms with van der Waals surface area (Å²) in [6.45, 7) is 0. The lowest BCUT2D eigenvalue weighted by Gasteiger charge is -2.05. The van der Waals surface area contributed by atoms with Crippen LogP contribution in [0.4, 0.5) is 0 Å². The van der Waals surface area contributed by atoms with Crippen molar-refractivity contribution in [2.75, 3.05) is 0 Å². The lowest BCUT2D eigenvalue weighted by Crippen LogP contribution is -2.26. The number of nitrogens with zero attached hydrogens (tertiary/aromatic N) is 2. The molecule has 2 aromatic rings. The third-order valence-corrected chi connectivity index (χ3v) is 6.13. The average molecular weight is 306 g/mol. The molecule has 0 N–H and O–H groups in total. The normalized spacial score (nSPS) is 12.4. The highest BCUT2D eigenvalue weighted by molar-refractivity contribution is 8.31. The van der Waals surface area contributed by atoms with Gasteiger partial charge in [-0.15, -0.1) is 0 Å². The van der Waals surface area contributed by atoms with Crippen LogP contribution in [0.3, 0.4) is 0 Å². The van der Waals surface area contributed by atoms with Crippen LogP contribution in [-0.2, 0) is 21.0 Å². The van der Waals surface area contributed by atoms with E-state index in [-0.39, 0.29) is 9.79 Å². The first kappa shape index (κ1) is 14.5. The van der Waals surface area contributed by atoms with Crippen molar-refractivity contribution in [1.29, 1.82) is 0 Å². The first-order valence-corrected chi connectivity index (χ1v) is 8.19. The molecule has 0 bridgehead atoms. The largest absolute Gasteiger partial charge is 0.600 e. The van der Waals surface area contributed by atoms with Gasteiger partial charge in [0.15, 0.2) is 4.90 Å². The molecule has 0 heterocycles. The van der Waals surface area contributed by atoms with Crippen LogP contribution < -0.4 is 0 Å². The van der Waals surface area contributed by atoms with Gasteiger partial charge in [-0.1, -0.05) is 41.2 Å². The van der Waals surface area contributed by atoms with Crippen molar-refractivity contribution in [3.05, 3.63) is 66.2 Å². The minimum absolute atomic E-state index is 0.0721. The van der Waals surface area contributed by atoms with Crippen LogP contribution in [-0.4, -0.2) is 22.1 Å². The second-order valence-electron chi connectivity index (χ2n) is 3.76. The Labute approximate surface area is 119 Å². The lowest BCUT2D eigenvalue weighted by molar-refractivity contribution is 0.00382. The van der Waals surface area contributed by atoms with Crippen LogP contribution in [0.1, 0.15) is 0 Å². The Hall–Kier alpha value is -1.92. The fraction of sp³-hybridized carbons (Fsp3) is 0. The zero-order valence-corrected chi connectivity index (χ0v) is 11.8. The van der Waals surface area contributed by atoms with Gasteiger partial charge in [-0.3, -0.25) is 0 Å². The Kier molecular flexibility index (Phi) is 4.36. The molecule has 0 aliphatic heterocycles. The maximum atomic E-state index is 12.3. The topological polar surface area (TPSA) is 93.6 Å². The first-order chi connectivity index (χ1) is 9.57.